The zero-order valence-electron chi connectivity index (χ0n) is 11.3. The number of hydrogen-bond donors (Lipinski definition) is 1. The van der Waals surface area contributed by atoms with E-state index in [1.54, 1.807) is 42.5 Å². The summed E-state index contributed by atoms with van der Waals surface area (Å²) < 4.78 is 1.12. The van der Waals surface area contributed by atoms with Gasteiger partial charge in [0.15, 0.2) is 0 Å². The fourth-order valence-corrected chi connectivity index (χ4v) is 2.60. The number of hydrogen-bond acceptors (Lipinski definition) is 4. The van der Waals surface area contributed by atoms with Gasteiger partial charge in [0, 0.05) is 15.6 Å². The van der Waals surface area contributed by atoms with Gasteiger partial charge in [0.25, 0.3) is 5.56 Å². The van der Waals surface area contributed by atoms with Crippen LogP contribution in [-0.2, 0) is 6.54 Å². The van der Waals surface area contributed by atoms with E-state index in [0.717, 1.165) is 4.68 Å². The normalized spacial score (nSPS) is 12.5. The highest BCUT2D eigenvalue weighted by Crippen LogP contribution is 2.27. The van der Waals surface area contributed by atoms with Crippen LogP contribution in [0, 0.1) is 0 Å². The first-order chi connectivity index (χ1) is 10.6. The van der Waals surface area contributed by atoms with Gasteiger partial charge in [0.2, 0.25) is 0 Å². The number of aliphatic hydroxyl groups is 1. The molecule has 0 saturated carbocycles. The van der Waals surface area contributed by atoms with Gasteiger partial charge in [-0.15, -0.1) is 5.10 Å². The predicted molar refractivity (Wildman–Crippen MR) is 85.2 cm³/mol. The molecule has 1 aromatic heterocycles. The zero-order valence-corrected chi connectivity index (χ0v) is 12.8. The lowest BCUT2D eigenvalue weighted by molar-refractivity contribution is 0.148. The molecule has 22 heavy (non-hydrogen) atoms. The molecule has 0 fully saturated rings. The molecule has 5 nitrogen and oxygen atoms in total. The lowest BCUT2D eigenvalue weighted by atomic mass is 10.1. The molecule has 1 heterocycles. The van der Waals surface area contributed by atoms with E-state index >= 15 is 0 Å². The van der Waals surface area contributed by atoms with Gasteiger partial charge in [0.05, 0.1) is 11.9 Å². The molecule has 0 radical (unpaired) electrons. The summed E-state index contributed by atoms with van der Waals surface area (Å²) >= 11 is 12.0. The first-order valence-corrected chi connectivity index (χ1v) is 7.27. The van der Waals surface area contributed by atoms with Crippen molar-refractivity contribution < 1.29 is 5.11 Å². The van der Waals surface area contributed by atoms with Crippen LogP contribution in [0.3, 0.4) is 0 Å². The summed E-state index contributed by atoms with van der Waals surface area (Å²) in [7, 11) is 0. The van der Waals surface area contributed by atoms with Gasteiger partial charge in [-0.1, -0.05) is 40.5 Å². The third-order valence-electron chi connectivity index (χ3n) is 3.29. The Kier molecular flexibility index (Phi) is 4.11. The van der Waals surface area contributed by atoms with Gasteiger partial charge < -0.3 is 5.11 Å². The minimum absolute atomic E-state index is 0.0588. The monoisotopic (exact) mass is 335 g/mol. The molecule has 0 aliphatic carbocycles. The van der Waals surface area contributed by atoms with E-state index < -0.39 is 6.10 Å². The highest BCUT2D eigenvalue weighted by atomic mass is 35.5. The topological polar surface area (TPSA) is 68.0 Å². The van der Waals surface area contributed by atoms with E-state index in [4.69, 9.17) is 23.2 Å². The molecular formula is C15H11Cl2N3O2. The van der Waals surface area contributed by atoms with Crippen molar-refractivity contribution in [2.45, 2.75) is 12.6 Å². The Morgan fingerprint density at radius 3 is 2.77 bits per heavy atom. The zero-order chi connectivity index (χ0) is 15.7. The Balaban J connectivity index is 1.97. The molecule has 0 unspecified atom stereocenters. The van der Waals surface area contributed by atoms with Crippen molar-refractivity contribution in [3.63, 3.8) is 0 Å². The molecule has 0 aliphatic rings. The van der Waals surface area contributed by atoms with Crippen molar-refractivity contribution in [2.75, 3.05) is 0 Å². The van der Waals surface area contributed by atoms with Crippen LogP contribution in [0.25, 0.3) is 10.9 Å². The van der Waals surface area contributed by atoms with E-state index in [-0.39, 0.29) is 12.1 Å². The largest absolute Gasteiger partial charge is 0.386 e. The molecule has 0 amide bonds. The lowest BCUT2D eigenvalue weighted by Gasteiger charge is -2.13. The molecule has 3 aromatic rings. The molecule has 1 atom stereocenters. The van der Waals surface area contributed by atoms with Gasteiger partial charge in [-0.2, -0.15) is 0 Å². The maximum absolute atomic E-state index is 12.3. The minimum atomic E-state index is -1.01. The van der Waals surface area contributed by atoms with Crippen molar-refractivity contribution in [2.24, 2.45) is 0 Å². The molecule has 2 aromatic carbocycles. The summed E-state index contributed by atoms with van der Waals surface area (Å²) in [5.41, 5.74) is 0.637. The van der Waals surface area contributed by atoms with Gasteiger partial charge in [-0.05, 0) is 30.3 Å². The van der Waals surface area contributed by atoms with Crippen molar-refractivity contribution in [1.29, 1.82) is 0 Å². The molecule has 0 spiro atoms. The van der Waals surface area contributed by atoms with Gasteiger partial charge >= 0.3 is 0 Å². The number of fused-ring (bicyclic) bond motifs is 1. The molecule has 112 valence electrons. The number of rotatable bonds is 3. The van der Waals surface area contributed by atoms with Gasteiger partial charge in [-0.25, -0.2) is 4.68 Å². The Morgan fingerprint density at radius 1 is 1.18 bits per heavy atom. The molecule has 0 aliphatic heterocycles. The van der Waals surface area contributed by atoms with E-state index in [9.17, 15) is 9.90 Å². The Bertz CT molecular complexity index is 895. The molecular weight excluding hydrogens is 325 g/mol. The first-order valence-electron chi connectivity index (χ1n) is 6.52. The molecule has 3 rings (SSSR count). The highest BCUT2D eigenvalue weighted by Gasteiger charge is 2.15. The highest BCUT2D eigenvalue weighted by molar-refractivity contribution is 6.33. The second kappa shape index (κ2) is 6.04. The smallest absolute Gasteiger partial charge is 0.277 e. The second-order valence-corrected chi connectivity index (χ2v) is 5.62. The summed E-state index contributed by atoms with van der Waals surface area (Å²) in [6.45, 7) is -0.0588. The SMILES string of the molecule is O=c1c2ccccc2nnn1C[C@@H](O)c1cc(Cl)ccc1Cl. The predicted octanol–water partition coefficient (Wildman–Crippen LogP) is 2.83. The molecule has 0 saturated heterocycles. The lowest BCUT2D eigenvalue weighted by Crippen LogP contribution is -2.27. The van der Waals surface area contributed by atoms with Crippen LogP contribution >= 0.6 is 23.2 Å². The van der Waals surface area contributed by atoms with Crippen molar-refractivity contribution >= 4 is 34.1 Å². The standard InChI is InChI=1S/C15H11Cl2N3O2/c16-9-5-6-12(17)11(7-9)14(21)8-20-15(22)10-3-1-2-4-13(10)18-19-20/h1-7,14,21H,8H2/t14-/m1/s1. The number of aromatic nitrogens is 3. The van der Waals surface area contributed by atoms with Crippen LogP contribution in [0.2, 0.25) is 10.0 Å². The van der Waals surface area contributed by atoms with Crippen LogP contribution < -0.4 is 5.56 Å². The summed E-state index contributed by atoms with van der Waals surface area (Å²) in [6.07, 6.45) is -1.01. The van der Waals surface area contributed by atoms with Crippen molar-refractivity contribution in [3.8, 4) is 0 Å². The van der Waals surface area contributed by atoms with E-state index in [1.165, 1.54) is 0 Å². The van der Waals surface area contributed by atoms with Gasteiger partial charge in [-0.3, -0.25) is 4.79 Å². The fraction of sp³-hybridized carbons (Fsp3) is 0.133. The van der Waals surface area contributed by atoms with Crippen molar-refractivity contribution in [3.05, 3.63) is 68.4 Å². The maximum atomic E-state index is 12.3. The first kappa shape index (κ1) is 15.0. The van der Waals surface area contributed by atoms with Crippen LogP contribution in [0.1, 0.15) is 11.7 Å². The number of nitrogens with zero attached hydrogens (tertiary/aromatic N) is 3. The molecule has 0 bridgehead atoms. The summed E-state index contributed by atoms with van der Waals surface area (Å²) in [5, 5.41) is 19.4. The van der Waals surface area contributed by atoms with Crippen LogP contribution in [0.5, 0.6) is 0 Å². The summed E-state index contributed by atoms with van der Waals surface area (Å²) in [6, 6.07) is 11.7. The summed E-state index contributed by atoms with van der Waals surface area (Å²) in [5.74, 6) is 0. The van der Waals surface area contributed by atoms with Crippen LogP contribution in [-0.4, -0.2) is 20.1 Å². The molecule has 1 N–H and O–H groups in total. The van der Waals surface area contributed by atoms with E-state index in [1.807, 2.05) is 0 Å². The van der Waals surface area contributed by atoms with Crippen molar-refractivity contribution in [1.82, 2.24) is 15.0 Å². The van der Waals surface area contributed by atoms with Crippen LogP contribution in [0.15, 0.2) is 47.3 Å². The van der Waals surface area contributed by atoms with E-state index in [2.05, 4.69) is 10.3 Å². The number of halogens is 2. The second-order valence-electron chi connectivity index (χ2n) is 4.78. The van der Waals surface area contributed by atoms with E-state index in [0.29, 0.717) is 26.5 Å². The number of aliphatic hydroxyl groups excluding tert-OH is 1. The quantitative estimate of drug-likeness (QED) is 0.799. The minimum Gasteiger partial charge on any atom is -0.386 e. The third-order valence-corrected chi connectivity index (χ3v) is 3.87. The number of benzene rings is 2. The Hall–Kier alpha value is -1.95. The van der Waals surface area contributed by atoms with Gasteiger partial charge in [0.1, 0.15) is 11.6 Å². The van der Waals surface area contributed by atoms with Crippen LogP contribution in [0.4, 0.5) is 0 Å². The third kappa shape index (κ3) is 2.83. The summed E-state index contributed by atoms with van der Waals surface area (Å²) in [4.78, 5) is 12.3. The maximum Gasteiger partial charge on any atom is 0.277 e. The average Bonchev–Trinajstić information content (AvgIpc) is 2.52. The molecule has 7 heteroatoms. The Labute approximate surface area is 135 Å². The average molecular weight is 336 g/mol. The fourth-order valence-electron chi connectivity index (χ4n) is 2.18. The Morgan fingerprint density at radius 2 is 1.95 bits per heavy atom.